The number of halogens is 2. The Morgan fingerprint density at radius 3 is 2.55 bits per heavy atom. The average Bonchev–Trinajstić information content (AvgIpc) is 2.82. The van der Waals surface area contributed by atoms with E-state index in [2.05, 4.69) is 6.92 Å². The van der Waals surface area contributed by atoms with E-state index in [4.69, 9.17) is 5.73 Å². The second kappa shape index (κ2) is 4.66. The van der Waals surface area contributed by atoms with Crippen LogP contribution in [0.4, 0.5) is 13.8 Å². The lowest BCUT2D eigenvalue weighted by molar-refractivity contribution is 0.103. The van der Waals surface area contributed by atoms with Crippen LogP contribution in [-0.4, -0.2) is 5.78 Å². The van der Waals surface area contributed by atoms with Gasteiger partial charge >= 0.3 is 0 Å². The topological polar surface area (TPSA) is 43.1 Å². The molecule has 0 spiro atoms. The summed E-state index contributed by atoms with van der Waals surface area (Å²) >= 11 is 1.35. The Morgan fingerprint density at radius 1 is 1.25 bits per heavy atom. The van der Waals surface area contributed by atoms with E-state index >= 15 is 0 Å². The zero-order valence-corrected chi connectivity index (χ0v) is 11.7. The van der Waals surface area contributed by atoms with Crippen LogP contribution in [0, 0.1) is 17.6 Å². The highest BCUT2D eigenvalue weighted by Crippen LogP contribution is 2.40. The van der Waals surface area contributed by atoms with Crippen LogP contribution in [0.1, 0.15) is 33.3 Å². The van der Waals surface area contributed by atoms with E-state index in [9.17, 15) is 13.6 Å². The van der Waals surface area contributed by atoms with E-state index in [1.807, 2.05) is 0 Å². The Balaban J connectivity index is 2.13. The van der Waals surface area contributed by atoms with Gasteiger partial charge in [-0.1, -0.05) is 13.0 Å². The summed E-state index contributed by atoms with van der Waals surface area (Å²) in [5, 5.41) is 0.356. The van der Waals surface area contributed by atoms with Gasteiger partial charge < -0.3 is 5.73 Å². The monoisotopic (exact) mass is 293 g/mol. The average molecular weight is 293 g/mol. The number of ketones is 1. The van der Waals surface area contributed by atoms with E-state index in [1.54, 1.807) is 0 Å². The Bertz CT molecular complexity index is 688. The second-order valence-corrected chi connectivity index (χ2v) is 6.32. The third-order valence-corrected chi connectivity index (χ3v) is 4.70. The van der Waals surface area contributed by atoms with Crippen LogP contribution in [0.15, 0.2) is 18.2 Å². The van der Waals surface area contributed by atoms with Crippen molar-refractivity contribution < 1.29 is 13.6 Å². The predicted octanol–water partition coefficient (Wildman–Crippen LogP) is 3.57. The molecule has 1 aromatic carbocycles. The summed E-state index contributed by atoms with van der Waals surface area (Å²) in [6, 6.07) is 3.41. The Labute approximate surface area is 119 Å². The maximum Gasteiger partial charge on any atom is 0.202 e. The number of rotatable bonds is 2. The summed E-state index contributed by atoms with van der Waals surface area (Å²) in [7, 11) is 0. The fourth-order valence-electron chi connectivity index (χ4n) is 2.74. The molecule has 2 aromatic rings. The molecule has 1 aliphatic carbocycles. The molecule has 0 bridgehead atoms. The molecule has 5 heteroatoms. The van der Waals surface area contributed by atoms with Crippen LogP contribution in [0.3, 0.4) is 0 Å². The number of nitrogen functional groups attached to an aromatic ring is 1. The van der Waals surface area contributed by atoms with Gasteiger partial charge in [-0.25, -0.2) is 8.78 Å². The highest BCUT2D eigenvalue weighted by molar-refractivity contribution is 7.16. The van der Waals surface area contributed by atoms with Gasteiger partial charge in [0, 0.05) is 4.88 Å². The minimum Gasteiger partial charge on any atom is -0.390 e. The third-order valence-electron chi connectivity index (χ3n) is 3.62. The standard InChI is InChI=1S/C15H13F2NOS/c1-7-5-8-11(6-7)20-15(18)12(8)14(19)13-9(16)3-2-4-10(13)17/h2-4,7H,5-6,18H2,1H3. The van der Waals surface area contributed by atoms with Crippen molar-refractivity contribution in [2.45, 2.75) is 19.8 Å². The molecule has 2 N–H and O–H groups in total. The molecule has 0 aliphatic heterocycles. The summed E-state index contributed by atoms with van der Waals surface area (Å²) in [6.45, 7) is 2.08. The third kappa shape index (κ3) is 1.93. The van der Waals surface area contributed by atoms with Gasteiger partial charge in [-0.05, 0) is 36.5 Å². The van der Waals surface area contributed by atoms with Crippen molar-refractivity contribution in [1.82, 2.24) is 0 Å². The predicted molar refractivity (Wildman–Crippen MR) is 75.1 cm³/mol. The Hall–Kier alpha value is -1.75. The maximum absolute atomic E-state index is 13.8. The summed E-state index contributed by atoms with van der Waals surface area (Å²) in [5.41, 5.74) is 6.53. The minimum atomic E-state index is -0.847. The van der Waals surface area contributed by atoms with Crippen molar-refractivity contribution >= 4 is 22.1 Å². The van der Waals surface area contributed by atoms with Crippen LogP contribution in [0.2, 0.25) is 0 Å². The molecule has 1 heterocycles. The Morgan fingerprint density at radius 2 is 1.90 bits per heavy atom. The van der Waals surface area contributed by atoms with E-state index in [1.165, 1.54) is 17.4 Å². The first-order valence-corrected chi connectivity index (χ1v) is 7.19. The highest BCUT2D eigenvalue weighted by Gasteiger charge is 2.31. The van der Waals surface area contributed by atoms with E-state index in [-0.39, 0.29) is 0 Å². The molecule has 0 fully saturated rings. The number of anilines is 1. The van der Waals surface area contributed by atoms with E-state index in [0.29, 0.717) is 16.5 Å². The van der Waals surface area contributed by atoms with Crippen molar-refractivity contribution in [3.05, 3.63) is 51.4 Å². The van der Waals surface area contributed by atoms with E-state index in [0.717, 1.165) is 35.4 Å². The molecule has 0 saturated carbocycles. The smallest absolute Gasteiger partial charge is 0.202 e. The molecule has 20 heavy (non-hydrogen) atoms. The number of nitrogens with two attached hydrogens (primary N) is 1. The molecule has 2 nitrogen and oxygen atoms in total. The summed E-state index contributed by atoms with van der Waals surface area (Å²) in [4.78, 5) is 13.5. The molecular weight excluding hydrogens is 280 g/mol. The lowest BCUT2D eigenvalue weighted by atomic mass is 9.98. The summed E-state index contributed by atoms with van der Waals surface area (Å²) in [6.07, 6.45) is 1.61. The lowest BCUT2D eigenvalue weighted by Crippen LogP contribution is -2.10. The van der Waals surface area contributed by atoms with Gasteiger partial charge in [0.1, 0.15) is 11.6 Å². The molecule has 0 radical (unpaired) electrons. The Kier molecular flexibility index (Phi) is 3.09. The lowest BCUT2D eigenvalue weighted by Gasteiger charge is -2.06. The molecule has 0 amide bonds. The number of hydrogen-bond donors (Lipinski definition) is 1. The molecule has 1 aromatic heterocycles. The van der Waals surface area contributed by atoms with Crippen molar-refractivity contribution in [2.24, 2.45) is 5.92 Å². The second-order valence-electron chi connectivity index (χ2n) is 5.18. The van der Waals surface area contributed by atoms with Crippen LogP contribution in [-0.2, 0) is 12.8 Å². The first-order valence-electron chi connectivity index (χ1n) is 6.37. The SMILES string of the molecule is CC1Cc2sc(N)c(C(=O)c3c(F)cccc3F)c2C1. The van der Waals surface area contributed by atoms with Crippen LogP contribution < -0.4 is 5.73 Å². The molecule has 1 atom stereocenters. The maximum atomic E-state index is 13.8. The van der Waals surface area contributed by atoms with Gasteiger partial charge in [0.15, 0.2) is 0 Å². The number of carbonyl (C=O) groups is 1. The van der Waals surface area contributed by atoms with Crippen LogP contribution in [0.5, 0.6) is 0 Å². The molecule has 1 aliphatic rings. The van der Waals surface area contributed by atoms with Gasteiger partial charge in [-0.15, -0.1) is 11.3 Å². The van der Waals surface area contributed by atoms with Crippen molar-refractivity contribution in [3.63, 3.8) is 0 Å². The molecule has 104 valence electrons. The number of fused-ring (bicyclic) bond motifs is 1. The van der Waals surface area contributed by atoms with Crippen LogP contribution in [0.25, 0.3) is 0 Å². The fourth-order valence-corrected chi connectivity index (χ4v) is 4.00. The number of benzene rings is 1. The highest BCUT2D eigenvalue weighted by atomic mass is 32.1. The van der Waals surface area contributed by atoms with Gasteiger partial charge in [-0.2, -0.15) is 0 Å². The number of hydrogen-bond acceptors (Lipinski definition) is 3. The van der Waals surface area contributed by atoms with Crippen molar-refractivity contribution in [1.29, 1.82) is 0 Å². The molecule has 1 unspecified atom stereocenters. The first-order chi connectivity index (χ1) is 9.49. The quantitative estimate of drug-likeness (QED) is 0.860. The minimum absolute atomic E-state index is 0.290. The normalized spacial score (nSPS) is 17.2. The number of carbonyl (C=O) groups excluding carboxylic acids is 1. The van der Waals surface area contributed by atoms with Crippen LogP contribution >= 0.6 is 11.3 Å². The summed E-state index contributed by atoms with van der Waals surface area (Å²) < 4.78 is 27.5. The largest absolute Gasteiger partial charge is 0.390 e. The van der Waals surface area contributed by atoms with Crippen molar-refractivity contribution in [3.8, 4) is 0 Å². The summed E-state index contributed by atoms with van der Waals surface area (Å²) in [5.74, 6) is -1.90. The fraction of sp³-hybridized carbons (Fsp3) is 0.267. The molecule has 3 rings (SSSR count). The molecule has 0 saturated heterocycles. The molecular formula is C15H13F2NOS. The van der Waals surface area contributed by atoms with Gasteiger partial charge in [0.05, 0.1) is 16.1 Å². The number of thiophene rings is 1. The van der Waals surface area contributed by atoms with Crippen molar-refractivity contribution in [2.75, 3.05) is 5.73 Å². The van der Waals surface area contributed by atoms with E-state index < -0.39 is 23.0 Å². The van der Waals surface area contributed by atoms with Gasteiger partial charge in [0.2, 0.25) is 5.78 Å². The zero-order valence-electron chi connectivity index (χ0n) is 10.9. The van der Waals surface area contributed by atoms with Gasteiger partial charge in [0.25, 0.3) is 0 Å². The zero-order chi connectivity index (χ0) is 14.4. The van der Waals surface area contributed by atoms with Gasteiger partial charge in [-0.3, -0.25) is 4.79 Å². The first kappa shape index (κ1) is 13.2.